The van der Waals surface area contributed by atoms with Crippen LogP contribution in [0, 0.1) is 6.92 Å². The van der Waals surface area contributed by atoms with Gasteiger partial charge in [0.05, 0.1) is 19.3 Å². The minimum atomic E-state index is 0.308. The second-order valence-electron chi connectivity index (χ2n) is 5.34. The molecule has 102 valence electrons. The molecular formula is C13H19N5O. The lowest BCUT2D eigenvalue weighted by Gasteiger charge is -2.12. The van der Waals surface area contributed by atoms with E-state index in [0.29, 0.717) is 18.5 Å². The molecule has 1 unspecified atom stereocenters. The van der Waals surface area contributed by atoms with Gasteiger partial charge in [-0.05, 0) is 32.3 Å². The molecule has 1 aliphatic rings. The third kappa shape index (κ3) is 3.20. The monoisotopic (exact) mass is 261 g/mol. The highest BCUT2D eigenvalue weighted by Gasteiger charge is 2.29. The molecule has 2 aromatic rings. The second-order valence-corrected chi connectivity index (χ2v) is 5.34. The van der Waals surface area contributed by atoms with Crippen molar-refractivity contribution in [3.05, 3.63) is 29.7 Å². The van der Waals surface area contributed by atoms with Gasteiger partial charge in [-0.25, -0.2) is 0 Å². The van der Waals surface area contributed by atoms with Crippen molar-refractivity contribution in [2.75, 3.05) is 0 Å². The zero-order valence-electron chi connectivity index (χ0n) is 11.3. The first-order chi connectivity index (χ1) is 9.20. The predicted molar refractivity (Wildman–Crippen MR) is 69.5 cm³/mol. The van der Waals surface area contributed by atoms with Crippen molar-refractivity contribution in [3.8, 4) is 0 Å². The van der Waals surface area contributed by atoms with Gasteiger partial charge in [0, 0.05) is 18.2 Å². The summed E-state index contributed by atoms with van der Waals surface area (Å²) in [6, 6.07) is 0.308. The van der Waals surface area contributed by atoms with Crippen LogP contribution in [-0.4, -0.2) is 26.0 Å². The van der Waals surface area contributed by atoms with Crippen LogP contribution in [0.4, 0.5) is 0 Å². The number of aromatic nitrogens is 4. The second kappa shape index (κ2) is 5.13. The van der Waals surface area contributed by atoms with Crippen molar-refractivity contribution in [1.29, 1.82) is 0 Å². The molecule has 0 saturated heterocycles. The third-order valence-corrected chi connectivity index (χ3v) is 3.24. The first-order valence-electron chi connectivity index (χ1n) is 6.75. The lowest BCUT2D eigenvalue weighted by Crippen LogP contribution is -2.30. The number of aryl methyl sites for hydroxylation is 1. The Labute approximate surface area is 112 Å². The highest BCUT2D eigenvalue weighted by molar-refractivity contribution is 5.02. The largest absolute Gasteiger partial charge is 0.339 e. The van der Waals surface area contributed by atoms with Gasteiger partial charge >= 0.3 is 0 Å². The molecule has 1 atom stereocenters. The van der Waals surface area contributed by atoms with Crippen molar-refractivity contribution < 1.29 is 4.52 Å². The molecular weight excluding hydrogens is 242 g/mol. The fourth-order valence-corrected chi connectivity index (χ4v) is 2.01. The normalized spacial score (nSPS) is 16.7. The van der Waals surface area contributed by atoms with Crippen molar-refractivity contribution in [2.45, 2.75) is 51.7 Å². The maximum atomic E-state index is 5.22. The summed E-state index contributed by atoms with van der Waals surface area (Å²) >= 11 is 0. The topological polar surface area (TPSA) is 68.8 Å². The maximum absolute atomic E-state index is 5.22. The van der Waals surface area contributed by atoms with Gasteiger partial charge in [0.2, 0.25) is 5.89 Å². The van der Waals surface area contributed by atoms with Gasteiger partial charge in [-0.3, -0.25) is 4.68 Å². The highest BCUT2D eigenvalue weighted by atomic mass is 16.5. The van der Waals surface area contributed by atoms with E-state index < -0.39 is 0 Å². The summed E-state index contributed by atoms with van der Waals surface area (Å²) in [6.07, 6.45) is 6.28. The van der Waals surface area contributed by atoms with Gasteiger partial charge in [-0.2, -0.15) is 10.1 Å². The van der Waals surface area contributed by atoms with Gasteiger partial charge in [-0.1, -0.05) is 5.16 Å². The smallest absolute Gasteiger partial charge is 0.229 e. The van der Waals surface area contributed by atoms with Crippen molar-refractivity contribution in [2.24, 2.45) is 0 Å². The van der Waals surface area contributed by atoms with Crippen LogP contribution in [0.3, 0.4) is 0 Å². The van der Waals surface area contributed by atoms with Gasteiger partial charge in [0.25, 0.3) is 0 Å². The van der Waals surface area contributed by atoms with Crippen LogP contribution in [-0.2, 0) is 13.1 Å². The molecule has 1 aliphatic carbocycles. The first-order valence-corrected chi connectivity index (χ1v) is 6.75. The number of nitrogens with one attached hydrogen (secondary N) is 1. The Hall–Kier alpha value is -1.69. The molecule has 0 radical (unpaired) electrons. The van der Waals surface area contributed by atoms with Crippen LogP contribution in [0.25, 0.3) is 0 Å². The summed E-state index contributed by atoms with van der Waals surface area (Å²) in [4.78, 5) is 4.39. The summed E-state index contributed by atoms with van der Waals surface area (Å²) in [5, 5.41) is 11.6. The number of nitrogens with zero attached hydrogens (tertiary/aromatic N) is 4. The van der Waals surface area contributed by atoms with Crippen molar-refractivity contribution >= 4 is 0 Å². The summed E-state index contributed by atoms with van der Waals surface area (Å²) in [5.41, 5.74) is 1.18. The summed E-state index contributed by atoms with van der Waals surface area (Å²) in [5.74, 6) is 2.06. The molecule has 0 amide bonds. The van der Waals surface area contributed by atoms with E-state index in [4.69, 9.17) is 4.52 Å². The predicted octanol–water partition coefficient (Wildman–Crippen LogP) is 1.63. The zero-order valence-corrected chi connectivity index (χ0v) is 11.3. The van der Waals surface area contributed by atoms with Gasteiger partial charge in [0.15, 0.2) is 5.82 Å². The first kappa shape index (κ1) is 12.3. The number of hydrogen-bond donors (Lipinski definition) is 1. The molecule has 1 fully saturated rings. The molecule has 0 spiro atoms. The van der Waals surface area contributed by atoms with E-state index in [1.165, 1.54) is 18.4 Å². The van der Waals surface area contributed by atoms with Crippen LogP contribution in [0.5, 0.6) is 0 Å². The Balaban J connectivity index is 1.47. The Morgan fingerprint density at radius 3 is 3.05 bits per heavy atom. The summed E-state index contributed by atoms with van der Waals surface area (Å²) < 4.78 is 7.17. The highest BCUT2D eigenvalue weighted by Crippen LogP contribution is 2.38. The average Bonchev–Trinajstić information content (AvgIpc) is 2.99. The van der Waals surface area contributed by atoms with E-state index in [9.17, 15) is 0 Å². The quantitative estimate of drug-likeness (QED) is 0.856. The van der Waals surface area contributed by atoms with Crippen molar-refractivity contribution in [3.63, 3.8) is 0 Å². The molecule has 0 bridgehead atoms. The lowest BCUT2D eigenvalue weighted by molar-refractivity contribution is 0.369. The average molecular weight is 261 g/mol. The van der Waals surface area contributed by atoms with Crippen LogP contribution in [0.15, 0.2) is 16.9 Å². The van der Waals surface area contributed by atoms with Crippen LogP contribution in [0.1, 0.15) is 43.0 Å². The molecule has 0 aromatic carbocycles. The minimum Gasteiger partial charge on any atom is -0.339 e. The van der Waals surface area contributed by atoms with E-state index in [1.54, 1.807) is 0 Å². The van der Waals surface area contributed by atoms with Gasteiger partial charge in [0.1, 0.15) is 0 Å². The van der Waals surface area contributed by atoms with Gasteiger partial charge < -0.3 is 9.84 Å². The molecule has 1 N–H and O–H groups in total. The molecule has 6 nitrogen and oxygen atoms in total. The van der Waals surface area contributed by atoms with E-state index >= 15 is 0 Å². The third-order valence-electron chi connectivity index (χ3n) is 3.24. The van der Waals surface area contributed by atoms with Crippen molar-refractivity contribution in [1.82, 2.24) is 25.2 Å². The molecule has 0 aliphatic heterocycles. The molecule has 1 saturated carbocycles. The van der Waals surface area contributed by atoms with E-state index in [1.807, 2.05) is 24.0 Å². The Bertz CT molecular complexity index is 543. The van der Waals surface area contributed by atoms with Gasteiger partial charge in [-0.15, -0.1) is 0 Å². The molecule has 2 aromatic heterocycles. The zero-order chi connectivity index (χ0) is 13.2. The summed E-state index contributed by atoms with van der Waals surface area (Å²) in [7, 11) is 0. The van der Waals surface area contributed by atoms with E-state index in [2.05, 4.69) is 27.5 Å². The van der Waals surface area contributed by atoms with E-state index in [0.717, 1.165) is 18.3 Å². The SMILES string of the molecule is Cc1cnn(CC(C)NCc2noc(C3CC3)n2)c1. The fourth-order valence-electron chi connectivity index (χ4n) is 2.01. The van der Waals surface area contributed by atoms with E-state index in [-0.39, 0.29) is 0 Å². The van der Waals surface area contributed by atoms with Crippen LogP contribution >= 0.6 is 0 Å². The lowest BCUT2D eigenvalue weighted by atomic mass is 10.3. The Kier molecular flexibility index (Phi) is 3.33. The summed E-state index contributed by atoms with van der Waals surface area (Å²) in [6.45, 7) is 5.64. The standard InChI is InChI=1S/C13H19N5O/c1-9-5-15-18(7-9)8-10(2)14-6-12-16-13(19-17-12)11-3-4-11/h5,7,10-11,14H,3-4,6,8H2,1-2H3. The minimum absolute atomic E-state index is 0.308. The Morgan fingerprint density at radius 2 is 2.37 bits per heavy atom. The molecule has 2 heterocycles. The maximum Gasteiger partial charge on any atom is 0.229 e. The molecule has 3 rings (SSSR count). The fraction of sp³-hybridized carbons (Fsp3) is 0.615. The van der Waals surface area contributed by atoms with Crippen LogP contribution in [0.2, 0.25) is 0 Å². The molecule has 6 heteroatoms. The van der Waals surface area contributed by atoms with Crippen LogP contribution < -0.4 is 5.32 Å². The number of hydrogen-bond acceptors (Lipinski definition) is 5. The Morgan fingerprint density at radius 1 is 1.53 bits per heavy atom. The molecule has 19 heavy (non-hydrogen) atoms. The number of rotatable bonds is 6.